The van der Waals surface area contributed by atoms with Gasteiger partial charge in [-0.3, -0.25) is 0 Å². The van der Waals surface area contributed by atoms with Crippen LogP contribution in [-0.4, -0.2) is 177 Å². The molecule has 20 heteroatoms. The first kappa shape index (κ1) is 143. The Morgan fingerprint density at radius 3 is 0.261 bits per heavy atom. The Morgan fingerprint density at radius 2 is 0.261 bits per heavy atom. The van der Waals surface area contributed by atoms with E-state index in [1.807, 2.05) is 0 Å². The molecule has 0 saturated carbocycles. The number of hydrogen-bond acceptors (Lipinski definition) is 16. The predicted molar refractivity (Wildman–Crippen MR) is 369 cm³/mol. The fraction of sp³-hybridized carbons (Fsp3) is 0.529. The van der Waals surface area contributed by atoms with Gasteiger partial charge in [0, 0.05) is 105 Å². The maximum Gasteiger partial charge on any atom is 0.0769 e. The fourth-order valence-corrected chi connectivity index (χ4v) is 0. The molecule has 0 fully saturated rings. The molecular formula is C68H136O16Zr4. The third-order valence-electron chi connectivity index (χ3n) is 5.88. The molecule has 0 aliphatic carbocycles. The smallest absolute Gasteiger partial charge is 0.0769 e. The topological polar surface area (TPSA) is 324 Å². The summed E-state index contributed by atoms with van der Waals surface area (Å²) in [7, 11) is 0. The number of rotatable bonds is 16. The summed E-state index contributed by atoms with van der Waals surface area (Å²) >= 11 is 0. The average molecular weight is 1570 g/mol. The summed E-state index contributed by atoms with van der Waals surface area (Å²) in [5.74, 6) is 0. The minimum Gasteiger partial charge on any atom is -0.392 e. The SMILES string of the molecule is C=CC(C)(C)O.C=CC(C)(C)O.C=CC(C)(C)O.C=CC(C)(C)O.C=CC(C)(C)O.C=CC(C)(C)O.C=CC(C)(C)O.C=CC(C)(C)O.C=CC(C)O.C=CC(C)O.C=CC(C)O.C=CC(C)O.C=CCO.C=CCO.C=CCO.C=CCO.[Zr].[Zr].[Zr].[Zr]. The molecule has 0 bridgehead atoms. The minimum atomic E-state index is -0.694. The summed E-state index contributed by atoms with van der Waals surface area (Å²) in [6.07, 6.45) is 22.1. The second-order valence-corrected chi connectivity index (χ2v) is 20.7. The van der Waals surface area contributed by atoms with E-state index in [1.54, 1.807) is 138 Å². The molecule has 0 aromatic rings. The molecule has 520 valence electrons. The van der Waals surface area contributed by atoms with E-state index in [4.69, 9.17) is 81.7 Å². The maximum absolute atomic E-state index is 8.71. The Labute approximate surface area is 617 Å². The van der Waals surface area contributed by atoms with Gasteiger partial charge in [-0.2, -0.15) is 0 Å². The zero-order valence-corrected chi connectivity index (χ0v) is 68.7. The van der Waals surface area contributed by atoms with E-state index in [1.165, 1.54) is 97.2 Å². The van der Waals surface area contributed by atoms with Crippen LogP contribution in [0.1, 0.15) is 138 Å². The summed E-state index contributed by atoms with van der Waals surface area (Å²) in [4.78, 5) is 0. The largest absolute Gasteiger partial charge is 0.392 e. The van der Waals surface area contributed by atoms with Crippen molar-refractivity contribution in [1.82, 2.24) is 0 Å². The molecule has 16 N–H and O–H groups in total. The van der Waals surface area contributed by atoms with Crippen LogP contribution in [0, 0.1) is 0 Å². The molecule has 0 aromatic heterocycles. The molecule has 4 atom stereocenters. The van der Waals surface area contributed by atoms with Gasteiger partial charge >= 0.3 is 0 Å². The van der Waals surface area contributed by atoms with E-state index in [0.29, 0.717) is 0 Å². The van der Waals surface area contributed by atoms with Crippen LogP contribution in [0.3, 0.4) is 0 Å². The second-order valence-electron chi connectivity index (χ2n) is 20.7. The van der Waals surface area contributed by atoms with Gasteiger partial charge in [-0.15, -0.1) is 105 Å². The zero-order chi connectivity index (χ0) is 72.5. The zero-order valence-electron chi connectivity index (χ0n) is 58.8. The van der Waals surface area contributed by atoms with E-state index in [-0.39, 0.29) is 156 Å². The van der Waals surface area contributed by atoms with Crippen molar-refractivity contribution < 1.29 is 187 Å². The number of hydrogen-bond donors (Lipinski definition) is 16. The summed E-state index contributed by atoms with van der Waals surface area (Å²) in [5.41, 5.74) is -5.56. The van der Waals surface area contributed by atoms with E-state index in [9.17, 15) is 0 Å². The first-order chi connectivity index (χ1) is 37.2. The van der Waals surface area contributed by atoms with Crippen LogP contribution in [0.15, 0.2) is 202 Å². The standard InChI is InChI=1S/8C5H10O.4C4H8O.4C3H6O.4Zr/c8*1-4-5(2,3)6;4*1-3-4(2)5;4*1-2-3-4;;;;/h8*4,6H,1H2,2-3H3;4*3-5H,1H2,2H3;4*2,4H,1,3H2;;;;. The van der Waals surface area contributed by atoms with Gasteiger partial charge in [0.05, 0.1) is 95.7 Å². The molecular weight excluding hydrogens is 1440 g/mol. The molecule has 0 radical (unpaired) electrons. The van der Waals surface area contributed by atoms with Gasteiger partial charge in [0.25, 0.3) is 0 Å². The summed E-state index contributed by atoms with van der Waals surface area (Å²) in [6, 6.07) is 0. The van der Waals surface area contributed by atoms with E-state index < -0.39 is 44.8 Å². The first-order valence-electron chi connectivity index (χ1n) is 26.2. The first-order valence-corrected chi connectivity index (χ1v) is 26.2. The van der Waals surface area contributed by atoms with Gasteiger partial charge in [0.1, 0.15) is 0 Å². The third kappa shape index (κ3) is 492. The normalized spacial score (nSPS) is 10.4. The molecule has 0 spiro atoms. The van der Waals surface area contributed by atoms with Crippen molar-refractivity contribution >= 4 is 0 Å². The molecule has 0 rings (SSSR count). The van der Waals surface area contributed by atoms with E-state index in [2.05, 4.69) is 105 Å². The van der Waals surface area contributed by atoms with Crippen molar-refractivity contribution in [3.05, 3.63) is 202 Å². The second kappa shape index (κ2) is 99.3. The molecule has 0 aliphatic rings. The van der Waals surface area contributed by atoms with Crippen LogP contribution in [0.5, 0.6) is 0 Å². The monoisotopic (exact) mass is 1570 g/mol. The molecule has 4 unspecified atom stereocenters. The third-order valence-corrected chi connectivity index (χ3v) is 5.88. The van der Waals surface area contributed by atoms with Gasteiger partial charge in [0.15, 0.2) is 0 Å². The van der Waals surface area contributed by atoms with Crippen molar-refractivity contribution in [3.63, 3.8) is 0 Å². The molecule has 0 aliphatic heterocycles. The Hall–Kier alpha value is -1.27. The average Bonchev–Trinajstić information content (AvgIpc) is 3.39. The van der Waals surface area contributed by atoms with Crippen molar-refractivity contribution in [2.75, 3.05) is 26.4 Å². The van der Waals surface area contributed by atoms with Gasteiger partial charge in [0.2, 0.25) is 0 Å². The van der Waals surface area contributed by atoms with Crippen LogP contribution in [0.2, 0.25) is 0 Å². The Bertz CT molecular complexity index is 1200. The van der Waals surface area contributed by atoms with Crippen LogP contribution < -0.4 is 0 Å². The molecule has 0 saturated heterocycles. The quantitative estimate of drug-likeness (QED) is 0.0639. The van der Waals surface area contributed by atoms with Crippen LogP contribution >= 0.6 is 0 Å². The molecule has 0 amide bonds. The number of aliphatic hydroxyl groups excluding tert-OH is 8. The molecule has 88 heavy (non-hydrogen) atoms. The van der Waals surface area contributed by atoms with Crippen molar-refractivity contribution in [3.8, 4) is 0 Å². The Balaban J connectivity index is -0.0000000311. The predicted octanol–water partition coefficient (Wildman–Crippen LogP) is 10.4. The summed E-state index contributed by atoms with van der Waals surface area (Å²) in [5, 5.41) is 134. The maximum atomic E-state index is 8.71. The minimum absolute atomic E-state index is 0. The Kier molecular flexibility index (Phi) is 162. The molecule has 0 heterocycles. The molecule has 16 nitrogen and oxygen atoms in total. The van der Waals surface area contributed by atoms with E-state index in [0.717, 1.165) is 0 Å². The van der Waals surface area contributed by atoms with Crippen molar-refractivity contribution in [2.24, 2.45) is 0 Å². The summed E-state index contributed by atoms with van der Waals surface area (Å²) in [6.45, 7) is 87.1. The Morgan fingerprint density at radius 1 is 0.227 bits per heavy atom. The van der Waals surface area contributed by atoms with E-state index >= 15 is 0 Å². The summed E-state index contributed by atoms with van der Waals surface area (Å²) < 4.78 is 0. The molecule has 0 aromatic carbocycles. The van der Waals surface area contributed by atoms with Crippen molar-refractivity contribution in [2.45, 2.75) is 208 Å². The van der Waals surface area contributed by atoms with Gasteiger partial charge in [-0.25, -0.2) is 0 Å². The van der Waals surface area contributed by atoms with Crippen molar-refractivity contribution in [1.29, 1.82) is 0 Å². The van der Waals surface area contributed by atoms with Gasteiger partial charge in [-0.05, 0) is 138 Å². The number of aliphatic hydroxyl groups is 16. The van der Waals surface area contributed by atoms with Crippen LogP contribution in [0.4, 0.5) is 0 Å². The van der Waals surface area contributed by atoms with Gasteiger partial charge < -0.3 is 81.7 Å². The van der Waals surface area contributed by atoms with Gasteiger partial charge in [-0.1, -0.05) is 97.2 Å². The van der Waals surface area contributed by atoms with Crippen LogP contribution in [-0.2, 0) is 105 Å². The fourth-order valence-electron chi connectivity index (χ4n) is 0. The van der Waals surface area contributed by atoms with Crippen LogP contribution in [0.25, 0.3) is 0 Å².